The van der Waals surface area contributed by atoms with Crippen LogP contribution in [0.5, 0.6) is 0 Å². The second-order valence-electron chi connectivity index (χ2n) is 4.36. The monoisotopic (exact) mass is 295 g/mol. The lowest BCUT2D eigenvalue weighted by Gasteiger charge is -2.09. The molecule has 0 saturated carbocycles. The minimum Gasteiger partial charge on any atom is -0.481 e. The number of hydrogen-bond acceptors (Lipinski definition) is 5. The Morgan fingerprint density at radius 2 is 2.25 bits per heavy atom. The van der Waals surface area contributed by atoms with Crippen LogP contribution in [0.1, 0.15) is 24.9 Å². The van der Waals surface area contributed by atoms with E-state index in [1.807, 2.05) is 17.7 Å². The van der Waals surface area contributed by atoms with Crippen molar-refractivity contribution < 1.29 is 9.90 Å². The molecule has 2 heterocycles. The summed E-state index contributed by atoms with van der Waals surface area (Å²) in [5.41, 5.74) is 1.03. The molecular weight excluding hydrogens is 278 g/mol. The van der Waals surface area contributed by atoms with E-state index >= 15 is 0 Å². The number of aryl methyl sites for hydroxylation is 2. The summed E-state index contributed by atoms with van der Waals surface area (Å²) < 4.78 is 3.76. The summed E-state index contributed by atoms with van der Waals surface area (Å²) in [7, 11) is 1.88. The third kappa shape index (κ3) is 3.38. The molecule has 0 aliphatic rings. The van der Waals surface area contributed by atoms with Crippen molar-refractivity contribution >= 4 is 17.7 Å². The molecule has 0 aliphatic carbocycles. The molecular formula is C12H17N5O2S. The Labute approximate surface area is 121 Å². The first-order valence-electron chi connectivity index (χ1n) is 6.35. The number of aliphatic carboxylic acids is 1. The largest absolute Gasteiger partial charge is 0.481 e. The molecule has 0 aromatic carbocycles. The first-order chi connectivity index (χ1) is 9.61. The SMILES string of the molecule is CCCc1nnc(SCC(=O)O)n1Cc1ccnn1C. The summed E-state index contributed by atoms with van der Waals surface area (Å²) in [5.74, 6) is -0.000882. The summed E-state index contributed by atoms with van der Waals surface area (Å²) >= 11 is 1.19. The third-order valence-corrected chi connectivity index (χ3v) is 3.79. The van der Waals surface area contributed by atoms with Crippen molar-refractivity contribution in [1.82, 2.24) is 24.5 Å². The summed E-state index contributed by atoms with van der Waals surface area (Å²) in [6.07, 6.45) is 3.52. The second-order valence-corrected chi connectivity index (χ2v) is 5.31. The van der Waals surface area contributed by atoms with E-state index in [9.17, 15) is 4.79 Å². The standard InChI is InChI=1S/C12H17N5O2S/c1-3-4-10-14-15-12(20-8-11(18)19)17(10)7-9-5-6-13-16(9)2/h5-6H,3-4,7-8H2,1-2H3,(H,18,19). The fourth-order valence-corrected chi connectivity index (χ4v) is 2.51. The average Bonchev–Trinajstić information content (AvgIpc) is 2.97. The topological polar surface area (TPSA) is 85.8 Å². The number of aromatic nitrogens is 5. The van der Waals surface area contributed by atoms with Gasteiger partial charge in [0.2, 0.25) is 0 Å². The van der Waals surface area contributed by atoms with Crippen LogP contribution in [0, 0.1) is 0 Å². The average molecular weight is 295 g/mol. The Hall–Kier alpha value is -1.83. The first kappa shape index (κ1) is 14.6. The molecule has 108 valence electrons. The van der Waals surface area contributed by atoms with Gasteiger partial charge in [-0.1, -0.05) is 18.7 Å². The van der Waals surface area contributed by atoms with Gasteiger partial charge in [-0.3, -0.25) is 14.0 Å². The van der Waals surface area contributed by atoms with Crippen LogP contribution in [-0.4, -0.2) is 41.4 Å². The molecule has 0 fully saturated rings. The quantitative estimate of drug-likeness (QED) is 0.772. The summed E-state index contributed by atoms with van der Waals surface area (Å²) in [6, 6.07) is 1.93. The van der Waals surface area contributed by atoms with Crippen molar-refractivity contribution in [3.63, 3.8) is 0 Å². The smallest absolute Gasteiger partial charge is 0.313 e. The third-order valence-electron chi connectivity index (χ3n) is 2.83. The molecule has 0 atom stereocenters. The maximum atomic E-state index is 10.7. The van der Waals surface area contributed by atoms with E-state index in [2.05, 4.69) is 22.2 Å². The van der Waals surface area contributed by atoms with Crippen LogP contribution in [-0.2, 0) is 24.8 Å². The zero-order chi connectivity index (χ0) is 14.5. The van der Waals surface area contributed by atoms with Crippen LogP contribution >= 0.6 is 11.8 Å². The van der Waals surface area contributed by atoms with Crippen molar-refractivity contribution in [3.8, 4) is 0 Å². The second kappa shape index (κ2) is 6.56. The molecule has 0 aliphatic heterocycles. The highest BCUT2D eigenvalue weighted by atomic mass is 32.2. The van der Waals surface area contributed by atoms with Crippen molar-refractivity contribution in [3.05, 3.63) is 23.8 Å². The fraction of sp³-hybridized carbons (Fsp3) is 0.500. The molecule has 0 bridgehead atoms. The lowest BCUT2D eigenvalue weighted by molar-refractivity contribution is -0.133. The summed E-state index contributed by atoms with van der Waals surface area (Å²) in [6.45, 7) is 2.67. The highest BCUT2D eigenvalue weighted by Crippen LogP contribution is 2.19. The van der Waals surface area contributed by atoms with Crippen LogP contribution in [0.3, 0.4) is 0 Å². The Bertz CT molecular complexity index is 592. The zero-order valence-corrected chi connectivity index (χ0v) is 12.3. The number of carboxylic acid groups (broad SMARTS) is 1. The van der Waals surface area contributed by atoms with Crippen molar-refractivity contribution in [2.45, 2.75) is 31.5 Å². The van der Waals surface area contributed by atoms with Crippen molar-refractivity contribution in [2.24, 2.45) is 7.05 Å². The molecule has 0 amide bonds. The fourth-order valence-electron chi connectivity index (χ4n) is 1.84. The van der Waals surface area contributed by atoms with Gasteiger partial charge < -0.3 is 5.11 Å². The van der Waals surface area contributed by atoms with Gasteiger partial charge >= 0.3 is 5.97 Å². The maximum absolute atomic E-state index is 10.7. The highest BCUT2D eigenvalue weighted by molar-refractivity contribution is 7.99. The summed E-state index contributed by atoms with van der Waals surface area (Å²) in [4.78, 5) is 10.7. The van der Waals surface area contributed by atoms with Crippen LogP contribution in [0.4, 0.5) is 0 Å². The van der Waals surface area contributed by atoms with Crippen LogP contribution in [0.25, 0.3) is 0 Å². The first-order valence-corrected chi connectivity index (χ1v) is 7.34. The van der Waals surface area contributed by atoms with Gasteiger partial charge in [0.1, 0.15) is 5.82 Å². The number of rotatable bonds is 7. The van der Waals surface area contributed by atoms with Crippen LogP contribution in [0.2, 0.25) is 0 Å². The lowest BCUT2D eigenvalue weighted by Crippen LogP contribution is -2.11. The Kier molecular flexibility index (Phi) is 4.78. The van der Waals surface area contributed by atoms with E-state index in [-0.39, 0.29) is 5.75 Å². The predicted octanol–water partition coefficient (Wildman–Crippen LogP) is 1.19. The van der Waals surface area contributed by atoms with E-state index in [0.717, 1.165) is 24.4 Å². The molecule has 0 unspecified atom stereocenters. The van der Waals surface area contributed by atoms with Gasteiger partial charge in [-0.15, -0.1) is 10.2 Å². The van der Waals surface area contributed by atoms with Crippen molar-refractivity contribution in [2.75, 3.05) is 5.75 Å². The Balaban J connectivity index is 2.24. The number of thioether (sulfide) groups is 1. The van der Waals surface area contributed by atoms with Crippen molar-refractivity contribution in [1.29, 1.82) is 0 Å². The number of carbonyl (C=O) groups is 1. The molecule has 0 radical (unpaired) electrons. The van der Waals surface area contributed by atoms with E-state index < -0.39 is 5.97 Å². The molecule has 20 heavy (non-hydrogen) atoms. The molecule has 0 saturated heterocycles. The normalized spacial score (nSPS) is 10.9. The zero-order valence-electron chi connectivity index (χ0n) is 11.5. The van der Waals surface area contributed by atoms with E-state index in [1.54, 1.807) is 10.9 Å². The van der Waals surface area contributed by atoms with Gasteiger partial charge in [0.25, 0.3) is 0 Å². The van der Waals surface area contributed by atoms with Gasteiger partial charge in [0, 0.05) is 19.7 Å². The van der Waals surface area contributed by atoms with E-state index in [1.165, 1.54) is 11.8 Å². The Morgan fingerprint density at radius 3 is 2.85 bits per heavy atom. The molecule has 2 aromatic heterocycles. The molecule has 0 spiro atoms. The van der Waals surface area contributed by atoms with Gasteiger partial charge in [-0.25, -0.2) is 0 Å². The maximum Gasteiger partial charge on any atom is 0.313 e. The van der Waals surface area contributed by atoms with E-state index in [4.69, 9.17) is 5.11 Å². The molecule has 7 nitrogen and oxygen atoms in total. The highest BCUT2D eigenvalue weighted by Gasteiger charge is 2.14. The molecule has 2 rings (SSSR count). The summed E-state index contributed by atoms with van der Waals surface area (Å²) in [5, 5.41) is 21.8. The van der Waals surface area contributed by atoms with Gasteiger partial charge in [0.05, 0.1) is 18.0 Å². The van der Waals surface area contributed by atoms with Gasteiger partial charge in [0.15, 0.2) is 5.16 Å². The number of hydrogen-bond donors (Lipinski definition) is 1. The van der Waals surface area contributed by atoms with Crippen LogP contribution in [0.15, 0.2) is 17.4 Å². The van der Waals surface area contributed by atoms with Crippen LogP contribution < -0.4 is 0 Å². The van der Waals surface area contributed by atoms with E-state index in [0.29, 0.717) is 11.7 Å². The van der Waals surface area contributed by atoms with Gasteiger partial charge in [-0.05, 0) is 12.5 Å². The lowest BCUT2D eigenvalue weighted by atomic mass is 10.3. The van der Waals surface area contributed by atoms with Gasteiger partial charge in [-0.2, -0.15) is 5.10 Å². The molecule has 1 N–H and O–H groups in total. The minimum absolute atomic E-state index is 0.0182. The minimum atomic E-state index is -0.859. The molecule has 8 heteroatoms. The number of carboxylic acids is 1. The predicted molar refractivity (Wildman–Crippen MR) is 74.7 cm³/mol. The Morgan fingerprint density at radius 1 is 1.45 bits per heavy atom. The number of nitrogens with zero attached hydrogens (tertiary/aromatic N) is 5. The molecule has 2 aromatic rings.